The largest absolute Gasteiger partial charge is 0.480 e. The molecule has 6 heteroatoms. The molecule has 0 saturated carbocycles. The molecule has 0 aliphatic heterocycles. The second-order valence-corrected chi connectivity index (χ2v) is 5.67. The maximum Gasteiger partial charge on any atom is 0.260 e. The zero-order valence-corrected chi connectivity index (χ0v) is 14.6. The third-order valence-electron chi connectivity index (χ3n) is 3.63. The van der Waals surface area contributed by atoms with Crippen LogP contribution < -0.4 is 15.4 Å². The molecule has 0 spiro atoms. The molecule has 6 nitrogen and oxygen atoms in total. The van der Waals surface area contributed by atoms with Crippen molar-refractivity contribution >= 4 is 11.8 Å². The van der Waals surface area contributed by atoms with E-state index < -0.39 is 6.10 Å². The van der Waals surface area contributed by atoms with Crippen molar-refractivity contribution in [3.05, 3.63) is 65.7 Å². The molecule has 1 unspecified atom stereocenters. The van der Waals surface area contributed by atoms with Gasteiger partial charge >= 0.3 is 0 Å². The van der Waals surface area contributed by atoms with Crippen LogP contribution in [0.5, 0.6) is 5.75 Å². The minimum Gasteiger partial charge on any atom is -0.480 e. The Labute approximate surface area is 152 Å². The van der Waals surface area contributed by atoms with Crippen molar-refractivity contribution in [2.75, 3.05) is 13.1 Å². The Kier molecular flexibility index (Phi) is 7.19. The molecule has 0 aliphatic rings. The van der Waals surface area contributed by atoms with Gasteiger partial charge in [-0.1, -0.05) is 42.5 Å². The molecule has 0 radical (unpaired) electrons. The summed E-state index contributed by atoms with van der Waals surface area (Å²) in [4.78, 5) is 23.9. The second-order valence-electron chi connectivity index (χ2n) is 5.67. The summed E-state index contributed by atoms with van der Waals surface area (Å²) in [6, 6.07) is 18.2. The lowest BCUT2D eigenvalue weighted by molar-refractivity contribution is -0.127. The maximum absolute atomic E-state index is 12.1. The Bertz CT molecular complexity index is 784. The molecule has 0 saturated heterocycles. The Morgan fingerprint density at radius 1 is 1.04 bits per heavy atom. The fourth-order valence-electron chi connectivity index (χ4n) is 2.28. The van der Waals surface area contributed by atoms with E-state index in [1.165, 1.54) is 0 Å². The first kappa shape index (κ1) is 19.0. The molecule has 2 rings (SSSR count). The van der Waals surface area contributed by atoms with Gasteiger partial charge in [0.05, 0.1) is 12.0 Å². The molecule has 2 aromatic carbocycles. The summed E-state index contributed by atoms with van der Waals surface area (Å²) in [7, 11) is 0. The second kappa shape index (κ2) is 9.84. The summed E-state index contributed by atoms with van der Waals surface area (Å²) in [6.45, 7) is 2.24. The third kappa shape index (κ3) is 5.95. The topological polar surface area (TPSA) is 91.2 Å². The smallest absolute Gasteiger partial charge is 0.260 e. The fraction of sp³-hybridized carbons (Fsp3) is 0.250. The zero-order chi connectivity index (χ0) is 18.8. The van der Waals surface area contributed by atoms with Crippen LogP contribution in [0.25, 0.3) is 0 Å². The molecule has 26 heavy (non-hydrogen) atoms. The number of nitrogens with one attached hydrogen (secondary N) is 2. The molecule has 0 bridgehead atoms. The van der Waals surface area contributed by atoms with Gasteiger partial charge in [-0.2, -0.15) is 5.26 Å². The van der Waals surface area contributed by atoms with Crippen molar-refractivity contribution in [3.63, 3.8) is 0 Å². The van der Waals surface area contributed by atoms with Crippen molar-refractivity contribution in [3.8, 4) is 11.8 Å². The van der Waals surface area contributed by atoms with E-state index in [0.29, 0.717) is 30.8 Å². The SMILES string of the molecule is CC(Oc1ccccc1C#N)C(=O)NCCNC(=O)Cc1ccccc1. The van der Waals surface area contributed by atoms with Crippen molar-refractivity contribution in [1.29, 1.82) is 5.26 Å². The number of benzene rings is 2. The Hall–Kier alpha value is -3.33. The van der Waals surface area contributed by atoms with E-state index in [9.17, 15) is 9.59 Å². The van der Waals surface area contributed by atoms with E-state index >= 15 is 0 Å². The number of nitriles is 1. The number of para-hydroxylation sites is 1. The summed E-state index contributed by atoms with van der Waals surface area (Å²) >= 11 is 0. The van der Waals surface area contributed by atoms with E-state index in [0.717, 1.165) is 5.56 Å². The van der Waals surface area contributed by atoms with Crippen LogP contribution in [0.4, 0.5) is 0 Å². The van der Waals surface area contributed by atoms with Gasteiger partial charge in [-0.05, 0) is 24.6 Å². The number of carbonyl (C=O) groups is 2. The molecule has 0 heterocycles. The van der Waals surface area contributed by atoms with E-state index in [1.807, 2.05) is 36.4 Å². The van der Waals surface area contributed by atoms with Gasteiger partial charge in [0, 0.05) is 13.1 Å². The van der Waals surface area contributed by atoms with E-state index in [2.05, 4.69) is 10.6 Å². The first-order valence-corrected chi connectivity index (χ1v) is 8.34. The Balaban J connectivity index is 1.69. The van der Waals surface area contributed by atoms with Crippen LogP contribution in [0, 0.1) is 11.3 Å². The lowest BCUT2D eigenvalue weighted by Gasteiger charge is -2.15. The van der Waals surface area contributed by atoms with Crippen LogP contribution in [0.1, 0.15) is 18.1 Å². The number of rotatable bonds is 8. The normalized spacial score (nSPS) is 11.1. The highest BCUT2D eigenvalue weighted by atomic mass is 16.5. The average Bonchev–Trinajstić information content (AvgIpc) is 2.66. The van der Waals surface area contributed by atoms with E-state index in [-0.39, 0.29) is 11.8 Å². The Morgan fingerprint density at radius 2 is 1.69 bits per heavy atom. The summed E-state index contributed by atoms with van der Waals surface area (Å²) < 4.78 is 5.53. The zero-order valence-electron chi connectivity index (χ0n) is 14.6. The van der Waals surface area contributed by atoms with Crippen molar-refractivity contribution < 1.29 is 14.3 Å². The molecule has 1 atom stereocenters. The fourth-order valence-corrected chi connectivity index (χ4v) is 2.28. The first-order valence-electron chi connectivity index (χ1n) is 8.34. The van der Waals surface area contributed by atoms with Crippen molar-refractivity contribution in [2.24, 2.45) is 0 Å². The monoisotopic (exact) mass is 351 g/mol. The highest BCUT2D eigenvalue weighted by molar-refractivity contribution is 5.81. The minimum atomic E-state index is -0.746. The van der Waals surface area contributed by atoms with Gasteiger partial charge in [-0.3, -0.25) is 9.59 Å². The van der Waals surface area contributed by atoms with E-state index in [4.69, 9.17) is 10.00 Å². The van der Waals surface area contributed by atoms with Crippen LogP contribution in [-0.2, 0) is 16.0 Å². The van der Waals surface area contributed by atoms with E-state index in [1.54, 1.807) is 31.2 Å². The molecule has 0 aliphatic carbocycles. The lowest BCUT2D eigenvalue weighted by Crippen LogP contribution is -2.41. The number of ether oxygens (including phenoxy) is 1. The molecule has 2 amide bonds. The lowest BCUT2D eigenvalue weighted by atomic mass is 10.1. The van der Waals surface area contributed by atoms with Gasteiger partial charge in [0.15, 0.2) is 6.10 Å². The average molecular weight is 351 g/mol. The molecule has 0 fully saturated rings. The van der Waals surface area contributed by atoms with Crippen LogP contribution in [0.2, 0.25) is 0 Å². The van der Waals surface area contributed by atoms with Gasteiger partial charge in [0.25, 0.3) is 5.91 Å². The number of carbonyl (C=O) groups excluding carboxylic acids is 2. The van der Waals surface area contributed by atoms with Gasteiger partial charge in [-0.25, -0.2) is 0 Å². The number of hydrogen-bond donors (Lipinski definition) is 2. The quantitative estimate of drug-likeness (QED) is 0.710. The van der Waals surface area contributed by atoms with Crippen molar-refractivity contribution in [1.82, 2.24) is 10.6 Å². The van der Waals surface area contributed by atoms with Gasteiger partial charge in [0.1, 0.15) is 11.8 Å². The van der Waals surface area contributed by atoms with Crippen LogP contribution in [-0.4, -0.2) is 31.0 Å². The third-order valence-corrected chi connectivity index (χ3v) is 3.63. The van der Waals surface area contributed by atoms with Gasteiger partial charge in [0.2, 0.25) is 5.91 Å². The van der Waals surface area contributed by atoms with Crippen LogP contribution >= 0.6 is 0 Å². The summed E-state index contributed by atoms with van der Waals surface area (Å²) in [5.74, 6) is -0.0402. The first-order chi connectivity index (χ1) is 12.6. The molecule has 2 N–H and O–H groups in total. The maximum atomic E-state index is 12.1. The summed E-state index contributed by atoms with van der Waals surface area (Å²) in [5.41, 5.74) is 1.31. The molecule has 134 valence electrons. The Morgan fingerprint density at radius 3 is 2.42 bits per heavy atom. The number of nitrogens with zero attached hydrogens (tertiary/aromatic N) is 1. The summed E-state index contributed by atoms with van der Waals surface area (Å²) in [5, 5.41) is 14.5. The highest BCUT2D eigenvalue weighted by Gasteiger charge is 2.15. The van der Waals surface area contributed by atoms with Gasteiger partial charge in [-0.15, -0.1) is 0 Å². The minimum absolute atomic E-state index is 0.0994. The van der Waals surface area contributed by atoms with Crippen molar-refractivity contribution in [2.45, 2.75) is 19.4 Å². The number of amides is 2. The summed E-state index contributed by atoms with van der Waals surface area (Å²) in [6.07, 6.45) is -0.441. The predicted molar refractivity (Wildman–Crippen MR) is 97.4 cm³/mol. The highest BCUT2D eigenvalue weighted by Crippen LogP contribution is 2.18. The van der Waals surface area contributed by atoms with Crippen LogP contribution in [0.3, 0.4) is 0 Å². The predicted octanol–water partition coefficient (Wildman–Crippen LogP) is 1.80. The standard InChI is InChI=1S/C20H21N3O3/c1-15(26-18-10-6-5-9-17(18)14-21)20(25)23-12-11-22-19(24)13-16-7-3-2-4-8-16/h2-10,15H,11-13H2,1H3,(H,22,24)(H,23,25). The van der Waals surface area contributed by atoms with Gasteiger partial charge < -0.3 is 15.4 Å². The molecule has 0 aromatic heterocycles. The molecular formula is C20H21N3O3. The molecule has 2 aromatic rings. The number of hydrogen-bond acceptors (Lipinski definition) is 4. The van der Waals surface area contributed by atoms with Crippen LogP contribution in [0.15, 0.2) is 54.6 Å². The molecular weight excluding hydrogens is 330 g/mol.